The number of halogens is 1. The van der Waals surface area contributed by atoms with Crippen molar-refractivity contribution in [2.45, 2.75) is 51.9 Å². The van der Waals surface area contributed by atoms with Gasteiger partial charge in [-0.3, -0.25) is 0 Å². The van der Waals surface area contributed by atoms with E-state index in [0.29, 0.717) is 11.0 Å². The van der Waals surface area contributed by atoms with E-state index in [4.69, 9.17) is 22.3 Å². The number of nitrogen functional groups attached to an aromatic ring is 1. The van der Waals surface area contributed by atoms with E-state index in [9.17, 15) is 0 Å². The Bertz CT molecular complexity index is 1220. The second-order valence-electron chi connectivity index (χ2n) is 9.59. The molecule has 4 rings (SSSR count). The summed E-state index contributed by atoms with van der Waals surface area (Å²) in [5, 5.41) is 1.52. The predicted molar refractivity (Wildman–Crippen MR) is 122 cm³/mol. The number of aryl methyl sites for hydroxylation is 1. The summed E-state index contributed by atoms with van der Waals surface area (Å²) in [7, 11) is 2.07. The fourth-order valence-electron chi connectivity index (χ4n) is 4.06. The second-order valence-corrected chi connectivity index (χ2v) is 9.95. The number of anilines is 1. The average molecular weight is 410 g/mol. The van der Waals surface area contributed by atoms with Crippen molar-refractivity contribution in [3.05, 3.63) is 52.6 Å². The van der Waals surface area contributed by atoms with E-state index in [1.165, 1.54) is 5.69 Å². The lowest BCUT2D eigenvalue weighted by Crippen LogP contribution is -2.24. The number of H-pyrrole nitrogens is 1. The number of hydrogen-bond acceptors (Lipinski definition) is 3. The molecule has 0 aromatic carbocycles. The molecule has 5 nitrogen and oxygen atoms in total. The molecule has 29 heavy (non-hydrogen) atoms. The highest BCUT2D eigenvalue weighted by molar-refractivity contribution is 6.34. The molecule has 0 fully saturated rings. The van der Waals surface area contributed by atoms with Crippen molar-refractivity contribution < 1.29 is 0 Å². The summed E-state index contributed by atoms with van der Waals surface area (Å²) in [5.41, 5.74) is 12.1. The van der Waals surface area contributed by atoms with Crippen molar-refractivity contribution in [3.63, 3.8) is 0 Å². The molecule has 0 aliphatic carbocycles. The average Bonchev–Trinajstić information content (AvgIpc) is 3.16. The maximum Gasteiger partial charge on any atom is 0.138 e. The zero-order valence-electron chi connectivity index (χ0n) is 17.9. The van der Waals surface area contributed by atoms with Gasteiger partial charge in [0.2, 0.25) is 0 Å². The lowest BCUT2D eigenvalue weighted by atomic mass is 9.84. The van der Waals surface area contributed by atoms with Gasteiger partial charge in [0, 0.05) is 46.8 Å². The molecule has 4 heterocycles. The molecule has 0 saturated heterocycles. The molecule has 0 unspecified atom stereocenters. The van der Waals surface area contributed by atoms with Crippen LogP contribution in [0.15, 0.2) is 30.3 Å². The van der Waals surface area contributed by atoms with Gasteiger partial charge < -0.3 is 15.3 Å². The number of rotatable bonds is 3. The first kappa shape index (κ1) is 19.8. The van der Waals surface area contributed by atoms with Gasteiger partial charge in [0.15, 0.2) is 0 Å². The van der Waals surface area contributed by atoms with Crippen molar-refractivity contribution in [1.29, 1.82) is 0 Å². The van der Waals surface area contributed by atoms with Crippen LogP contribution in [-0.2, 0) is 24.3 Å². The van der Waals surface area contributed by atoms with Crippen LogP contribution in [0.25, 0.3) is 21.9 Å². The highest BCUT2D eigenvalue weighted by atomic mass is 35.5. The number of nitrogens with two attached hydrogens (primary N) is 1. The van der Waals surface area contributed by atoms with Crippen LogP contribution in [0, 0.1) is 0 Å². The van der Waals surface area contributed by atoms with Gasteiger partial charge in [-0.05, 0) is 30.3 Å². The first-order chi connectivity index (χ1) is 13.5. The minimum atomic E-state index is -0.159. The molecule has 0 atom stereocenters. The van der Waals surface area contributed by atoms with Gasteiger partial charge in [0.05, 0.1) is 16.6 Å². The second kappa shape index (κ2) is 6.49. The highest BCUT2D eigenvalue weighted by Crippen LogP contribution is 2.34. The third kappa shape index (κ3) is 3.48. The number of aromatic amines is 1. The quantitative estimate of drug-likeness (QED) is 0.438. The van der Waals surface area contributed by atoms with Gasteiger partial charge >= 0.3 is 0 Å². The Balaban J connectivity index is 1.74. The summed E-state index contributed by atoms with van der Waals surface area (Å²) in [6.07, 6.45) is 0.756. The lowest BCUT2D eigenvalue weighted by Gasteiger charge is -2.25. The Morgan fingerprint density at radius 1 is 1.07 bits per heavy atom. The van der Waals surface area contributed by atoms with Crippen LogP contribution < -0.4 is 5.73 Å². The molecular formula is C23H28ClN5. The summed E-state index contributed by atoms with van der Waals surface area (Å²) in [6, 6.07) is 10.2. The normalized spacial score (nSPS) is 12.9. The van der Waals surface area contributed by atoms with Gasteiger partial charge in [0.1, 0.15) is 11.0 Å². The molecule has 4 aromatic heterocycles. The fraction of sp³-hybridized carbons (Fsp3) is 0.391. The van der Waals surface area contributed by atoms with E-state index in [2.05, 4.69) is 74.4 Å². The molecule has 4 aromatic rings. The number of fused-ring (bicyclic) bond motifs is 2. The number of aromatic nitrogens is 4. The van der Waals surface area contributed by atoms with Crippen molar-refractivity contribution >= 4 is 39.4 Å². The van der Waals surface area contributed by atoms with Crippen LogP contribution in [0.5, 0.6) is 0 Å². The van der Waals surface area contributed by atoms with E-state index in [0.717, 1.165) is 39.7 Å². The van der Waals surface area contributed by atoms with Crippen LogP contribution in [0.3, 0.4) is 0 Å². The maximum absolute atomic E-state index is 6.55. The Kier molecular flexibility index (Phi) is 4.43. The standard InChI is InChI=1S/C23H28ClN5/c1-22(2,3)18-10-14-15(27-18)9-13(26-21(14)24)12-23(4,5)19-11-16-17(29(19)6)7-8-20(25)28-16/h7-11,27H,12H2,1-6H3,(H2,25,28). The molecule has 0 amide bonds. The molecule has 0 radical (unpaired) electrons. The van der Waals surface area contributed by atoms with Crippen LogP contribution in [-0.4, -0.2) is 19.5 Å². The topological polar surface area (TPSA) is 72.5 Å². The van der Waals surface area contributed by atoms with Crippen molar-refractivity contribution in [2.75, 3.05) is 5.73 Å². The lowest BCUT2D eigenvalue weighted by molar-refractivity contribution is 0.484. The molecular weight excluding hydrogens is 382 g/mol. The molecule has 3 N–H and O–H groups in total. The predicted octanol–water partition coefficient (Wildman–Crippen LogP) is 5.50. The largest absolute Gasteiger partial charge is 0.384 e. The molecule has 0 aliphatic heterocycles. The maximum atomic E-state index is 6.55. The van der Waals surface area contributed by atoms with Crippen LogP contribution in [0.1, 0.15) is 51.7 Å². The van der Waals surface area contributed by atoms with Gasteiger partial charge in [-0.2, -0.15) is 0 Å². The van der Waals surface area contributed by atoms with E-state index in [1.807, 2.05) is 12.1 Å². The molecule has 152 valence electrons. The first-order valence-corrected chi connectivity index (χ1v) is 10.2. The van der Waals surface area contributed by atoms with Crippen LogP contribution >= 0.6 is 11.6 Å². The number of nitrogens with one attached hydrogen (secondary N) is 1. The summed E-state index contributed by atoms with van der Waals surface area (Å²) < 4.78 is 2.19. The van der Waals surface area contributed by atoms with Crippen LogP contribution in [0.4, 0.5) is 5.82 Å². The van der Waals surface area contributed by atoms with Crippen molar-refractivity contribution in [1.82, 2.24) is 19.5 Å². The molecule has 0 bridgehead atoms. The summed E-state index contributed by atoms with van der Waals surface area (Å²) >= 11 is 6.55. The zero-order valence-corrected chi connectivity index (χ0v) is 18.6. The fourth-order valence-corrected chi connectivity index (χ4v) is 4.32. The number of hydrogen-bond donors (Lipinski definition) is 2. The molecule has 0 aliphatic rings. The van der Waals surface area contributed by atoms with E-state index in [-0.39, 0.29) is 10.8 Å². The Morgan fingerprint density at radius 3 is 2.48 bits per heavy atom. The van der Waals surface area contributed by atoms with Gasteiger partial charge in [-0.1, -0.05) is 46.2 Å². The third-order valence-electron chi connectivity index (χ3n) is 5.67. The minimum absolute atomic E-state index is 0.0276. The smallest absolute Gasteiger partial charge is 0.138 e. The SMILES string of the molecule is Cn1c(C(C)(C)Cc2cc3[nH]c(C(C)(C)C)cc3c(Cl)n2)cc2nc(N)ccc21. The third-order valence-corrected chi connectivity index (χ3v) is 5.96. The van der Waals surface area contributed by atoms with Crippen LogP contribution in [0.2, 0.25) is 5.15 Å². The summed E-state index contributed by atoms with van der Waals surface area (Å²) in [4.78, 5) is 12.7. The molecule has 0 spiro atoms. The monoisotopic (exact) mass is 409 g/mol. The summed E-state index contributed by atoms with van der Waals surface area (Å²) in [6.45, 7) is 11.0. The Morgan fingerprint density at radius 2 is 1.79 bits per heavy atom. The number of nitrogens with zero attached hydrogens (tertiary/aromatic N) is 3. The van der Waals surface area contributed by atoms with Crippen molar-refractivity contribution in [2.24, 2.45) is 7.05 Å². The highest BCUT2D eigenvalue weighted by Gasteiger charge is 2.27. The minimum Gasteiger partial charge on any atom is -0.384 e. The molecule has 6 heteroatoms. The van der Waals surface area contributed by atoms with Gasteiger partial charge in [0.25, 0.3) is 0 Å². The van der Waals surface area contributed by atoms with Gasteiger partial charge in [-0.25, -0.2) is 9.97 Å². The molecule has 0 saturated carbocycles. The Labute approximate surface area is 176 Å². The number of pyridine rings is 2. The van der Waals surface area contributed by atoms with Gasteiger partial charge in [-0.15, -0.1) is 0 Å². The van der Waals surface area contributed by atoms with E-state index >= 15 is 0 Å². The van der Waals surface area contributed by atoms with E-state index < -0.39 is 0 Å². The first-order valence-electron chi connectivity index (χ1n) is 9.87. The van der Waals surface area contributed by atoms with Crippen molar-refractivity contribution in [3.8, 4) is 0 Å². The summed E-state index contributed by atoms with van der Waals surface area (Å²) in [5.74, 6) is 0.535. The zero-order chi connectivity index (χ0) is 21.1. The Hall–Kier alpha value is -2.53. The van der Waals surface area contributed by atoms with E-state index in [1.54, 1.807) is 0 Å².